The molecule has 0 radical (unpaired) electrons. The van der Waals surface area contributed by atoms with Gasteiger partial charge in [0.1, 0.15) is 0 Å². The highest BCUT2D eigenvalue weighted by Crippen LogP contribution is 2.10. The molecule has 21 heavy (non-hydrogen) atoms. The molecule has 2 atom stereocenters. The van der Waals surface area contributed by atoms with Gasteiger partial charge in [-0.3, -0.25) is 9.69 Å². The lowest BCUT2D eigenvalue weighted by molar-refractivity contribution is -0.137. The van der Waals surface area contributed by atoms with Crippen LogP contribution in [0, 0.1) is 11.8 Å². The molecule has 5 nitrogen and oxygen atoms in total. The first kappa shape index (κ1) is 18.4. The molecule has 1 aliphatic rings. The fourth-order valence-corrected chi connectivity index (χ4v) is 2.71. The maximum atomic E-state index is 10.5. The third kappa shape index (κ3) is 9.06. The fraction of sp³-hybridized carbons (Fsp3) is 0.938. The summed E-state index contributed by atoms with van der Waals surface area (Å²) in [4.78, 5) is 13.0. The van der Waals surface area contributed by atoms with Crippen LogP contribution in [-0.2, 0) is 9.53 Å². The molecule has 0 aromatic carbocycles. The first-order valence-electron chi connectivity index (χ1n) is 8.23. The van der Waals surface area contributed by atoms with E-state index in [0.717, 1.165) is 52.2 Å². The SMILES string of the molecule is CC(C)CN1CCOC(CNCCC(C)CCC(=O)O)C1. The number of ether oxygens (including phenoxy) is 1. The zero-order chi connectivity index (χ0) is 15.7. The molecule has 2 unspecified atom stereocenters. The monoisotopic (exact) mass is 300 g/mol. The highest BCUT2D eigenvalue weighted by molar-refractivity contribution is 5.66. The molecule has 124 valence electrons. The molecule has 1 aliphatic heterocycles. The molecule has 0 saturated carbocycles. The Morgan fingerprint density at radius 1 is 1.38 bits per heavy atom. The standard InChI is InChI=1S/C16H32N2O3/c1-13(2)11-18-8-9-21-15(12-18)10-17-7-6-14(3)4-5-16(19)20/h13-15,17H,4-12H2,1-3H3,(H,19,20). The zero-order valence-corrected chi connectivity index (χ0v) is 13.8. The number of nitrogens with one attached hydrogen (secondary N) is 1. The van der Waals surface area contributed by atoms with Gasteiger partial charge in [0.15, 0.2) is 0 Å². The molecule has 0 bridgehead atoms. The molecule has 0 aliphatic carbocycles. The Morgan fingerprint density at radius 3 is 2.81 bits per heavy atom. The van der Waals surface area contributed by atoms with E-state index in [-0.39, 0.29) is 12.5 Å². The molecular formula is C16H32N2O3. The second-order valence-electron chi connectivity index (χ2n) is 6.68. The van der Waals surface area contributed by atoms with Crippen LogP contribution in [0.15, 0.2) is 0 Å². The quantitative estimate of drug-likeness (QED) is 0.603. The molecule has 2 N–H and O–H groups in total. The third-order valence-electron chi connectivity index (χ3n) is 3.88. The van der Waals surface area contributed by atoms with Gasteiger partial charge in [-0.15, -0.1) is 0 Å². The largest absolute Gasteiger partial charge is 0.481 e. The van der Waals surface area contributed by atoms with Crippen molar-refractivity contribution in [2.24, 2.45) is 11.8 Å². The van der Waals surface area contributed by atoms with Crippen LogP contribution in [-0.4, -0.2) is 61.4 Å². The summed E-state index contributed by atoms with van der Waals surface area (Å²) in [5.74, 6) is 0.459. The average molecular weight is 300 g/mol. The Labute approximate surface area is 129 Å². The number of hydrogen-bond acceptors (Lipinski definition) is 4. The van der Waals surface area contributed by atoms with E-state index >= 15 is 0 Å². The number of nitrogens with zero attached hydrogens (tertiary/aromatic N) is 1. The van der Waals surface area contributed by atoms with Crippen molar-refractivity contribution >= 4 is 5.97 Å². The van der Waals surface area contributed by atoms with Crippen molar-refractivity contribution in [2.45, 2.75) is 46.1 Å². The van der Waals surface area contributed by atoms with Crippen molar-refractivity contribution in [1.82, 2.24) is 10.2 Å². The highest BCUT2D eigenvalue weighted by atomic mass is 16.5. The summed E-state index contributed by atoms with van der Waals surface area (Å²) in [5, 5.41) is 12.1. The Morgan fingerprint density at radius 2 is 2.14 bits per heavy atom. The predicted molar refractivity (Wildman–Crippen MR) is 84.5 cm³/mol. The fourth-order valence-electron chi connectivity index (χ4n) is 2.71. The summed E-state index contributed by atoms with van der Waals surface area (Å²) in [5.41, 5.74) is 0. The summed E-state index contributed by atoms with van der Waals surface area (Å²) >= 11 is 0. The summed E-state index contributed by atoms with van der Waals surface area (Å²) in [6.45, 7) is 12.5. The molecule has 1 heterocycles. The van der Waals surface area contributed by atoms with E-state index < -0.39 is 5.97 Å². The van der Waals surface area contributed by atoms with Crippen molar-refractivity contribution in [2.75, 3.05) is 39.3 Å². The van der Waals surface area contributed by atoms with E-state index in [4.69, 9.17) is 9.84 Å². The van der Waals surface area contributed by atoms with Gasteiger partial charge in [0.25, 0.3) is 0 Å². The molecule has 1 fully saturated rings. The molecule has 1 saturated heterocycles. The summed E-state index contributed by atoms with van der Waals surface area (Å²) in [6.07, 6.45) is 2.35. The Hall–Kier alpha value is -0.650. The van der Waals surface area contributed by atoms with E-state index in [1.165, 1.54) is 0 Å². The van der Waals surface area contributed by atoms with Crippen LogP contribution in [0.25, 0.3) is 0 Å². The molecule has 0 aromatic heterocycles. The number of morpholine rings is 1. The summed E-state index contributed by atoms with van der Waals surface area (Å²) in [7, 11) is 0. The smallest absolute Gasteiger partial charge is 0.303 e. The van der Waals surface area contributed by atoms with E-state index in [1.54, 1.807) is 0 Å². The van der Waals surface area contributed by atoms with Gasteiger partial charge < -0.3 is 15.2 Å². The van der Waals surface area contributed by atoms with Crippen LogP contribution >= 0.6 is 0 Å². The van der Waals surface area contributed by atoms with Crippen molar-refractivity contribution in [3.63, 3.8) is 0 Å². The van der Waals surface area contributed by atoms with Gasteiger partial charge >= 0.3 is 5.97 Å². The van der Waals surface area contributed by atoms with Gasteiger partial charge in [0.05, 0.1) is 12.7 Å². The second-order valence-corrected chi connectivity index (χ2v) is 6.68. The zero-order valence-electron chi connectivity index (χ0n) is 13.8. The lowest BCUT2D eigenvalue weighted by Crippen LogP contribution is -2.47. The second kappa shape index (κ2) is 10.1. The molecule has 0 spiro atoms. The molecule has 5 heteroatoms. The van der Waals surface area contributed by atoms with Crippen LogP contribution in [0.1, 0.15) is 40.0 Å². The normalized spacial score (nSPS) is 21.6. The minimum atomic E-state index is -0.698. The first-order chi connectivity index (χ1) is 9.97. The molecule has 0 amide bonds. The van der Waals surface area contributed by atoms with Crippen molar-refractivity contribution in [1.29, 1.82) is 0 Å². The van der Waals surface area contributed by atoms with Gasteiger partial charge in [-0.25, -0.2) is 0 Å². The number of aliphatic carboxylic acids is 1. The predicted octanol–water partition coefficient (Wildman–Crippen LogP) is 1.82. The van der Waals surface area contributed by atoms with Crippen molar-refractivity contribution in [3.8, 4) is 0 Å². The average Bonchev–Trinajstić information content (AvgIpc) is 2.41. The van der Waals surface area contributed by atoms with Crippen LogP contribution in [0.4, 0.5) is 0 Å². The minimum absolute atomic E-state index is 0.275. The maximum absolute atomic E-state index is 10.5. The number of carbonyl (C=O) groups is 1. The van der Waals surface area contributed by atoms with Gasteiger partial charge in [-0.2, -0.15) is 0 Å². The molecule has 0 aromatic rings. The van der Waals surface area contributed by atoms with E-state index in [1.807, 2.05) is 0 Å². The van der Waals surface area contributed by atoms with Crippen LogP contribution in [0.3, 0.4) is 0 Å². The Balaban J connectivity index is 2.07. The Kier molecular flexibility index (Phi) is 8.88. The topological polar surface area (TPSA) is 61.8 Å². The van der Waals surface area contributed by atoms with Crippen LogP contribution in [0.2, 0.25) is 0 Å². The first-order valence-corrected chi connectivity index (χ1v) is 8.23. The van der Waals surface area contributed by atoms with Gasteiger partial charge in [0, 0.05) is 32.6 Å². The molecular weight excluding hydrogens is 268 g/mol. The number of hydrogen-bond donors (Lipinski definition) is 2. The van der Waals surface area contributed by atoms with Crippen molar-refractivity contribution in [3.05, 3.63) is 0 Å². The van der Waals surface area contributed by atoms with Gasteiger partial charge in [-0.05, 0) is 31.2 Å². The van der Waals surface area contributed by atoms with E-state index in [9.17, 15) is 4.79 Å². The molecule has 1 rings (SSSR count). The number of rotatable bonds is 10. The number of carboxylic acid groups (broad SMARTS) is 1. The summed E-state index contributed by atoms with van der Waals surface area (Å²) < 4.78 is 5.79. The van der Waals surface area contributed by atoms with Gasteiger partial charge in [-0.1, -0.05) is 20.8 Å². The third-order valence-corrected chi connectivity index (χ3v) is 3.88. The van der Waals surface area contributed by atoms with E-state index in [0.29, 0.717) is 11.8 Å². The summed E-state index contributed by atoms with van der Waals surface area (Å²) in [6, 6.07) is 0. The Bertz CT molecular complexity index is 297. The van der Waals surface area contributed by atoms with Gasteiger partial charge in [0.2, 0.25) is 0 Å². The lowest BCUT2D eigenvalue weighted by atomic mass is 10.0. The van der Waals surface area contributed by atoms with E-state index in [2.05, 4.69) is 31.0 Å². The van der Waals surface area contributed by atoms with Crippen LogP contribution in [0.5, 0.6) is 0 Å². The van der Waals surface area contributed by atoms with Crippen LogP contribution < -0.4 is 5.32 Å². The van der Waals surface area contributed by atoms with Crippen molar-refractivity contribution < 1.29 is 14.6 Å². The number of carboxylic acids is 1. The minimum Gasteiger partial charge on any atom is -0.481 e. The maximum Gasteiger partial charge on any atom is 0.303 e. The lowest BCUT2D eigenvalue weighted by Gasteiger charge is -2.34. The highest BCUT2D eigenvalue weighted by Gasteiger charge is 2.20.